The number of aromatic nitrogens is 2. The highest BCUT2D eigenvalue weighted by Gasteiger charge is 2.27. The van der Waals surface area contributed by atoms with Gasteiger partial charge in [0.25, 0.3) is 5.91 Å². The van der Waals surface area contributed by atoms with Crippen LogP contribution in [0.5, 0.6) is 0 Å². The highest BCUT2D eigenvalue weighted by molar-refractivity contribution is 7.20. The van der Waals surface area contributed by atoms with Crippen LogP contribution in [0.15, 0.2) is 6.07 Å². The second kappa shape index (κ2) is 7.15. The highest BCUT2D eigenvalue weighted by atomic mass is 32.1. The average molecular weight is 363 g/mol. The van der Waals surface area contributed by atoms with Crippen molar-refractivity contribution in [2.45, 2.75) is 45.4 Å². The lowest BCUT2D eigenvalue weighted by atomic mass is 9.93. The normalized spacial score (nSPS) is 18.2. The van der Waals surface area contributed by atoms with Crippen LogP contribution in [0.1, 0.15) is 60.8 Å². The molecule has 3 rings (SSSR count). The summed E-state index contributed by atoms with van der Waals surface area (Å²) in [6.07, 6.45) is 2.77. The van der Waals surface area contributed by atoms with Gasteiger partial charge in [-0.25, -0.2) is 0 Å². The minimum atomic E-state index is -0.762. The number of hydrogen-bond donors (Lipinski definition) is 1. The number of carbonyl (C=O) groups excluding carboxylic acids is 1. The summed E-state index contributed by atoms with van der Waals surface area (Å²) in [5.41, 5.74) is 1.03. The fraction of sp³-hybridized carbons (Fsp3) is 0.611. The van der Waals surface area contributed by atoms with Crippen LogP contribution < -0.4 is 0 Å². The number of piperidine rings is 1. The molecule has 1 unspecified atom stereocenters. The van der Waals surface area contributed by atoms with Crippen molar-refractivity contribution in [3.63, 3.8) is 0 Å². The first-order valence-corrected chi connectivity index (χ1v) is 9.66. The number of hydrogen-bond acceptors (Lipinski definition) is 4. The smallest absolute Gasteiger partial charge is 0.303 e. The third-order valence-corrected chi connectivity index (χ3v) is 6.06. The molecule has 1 aliphatic rings. The molecule has 1 fully saturated rings. The van der Waals surface area contributed by atoms with Crippen molar-refractivity contribution in [1.82, 2.24) is 14.7 Å². The van der Waals surface area contributed by atoms with E-state index in [1.54, 1.807) is 0 Å². The van der Waals surface area contributed by atoms with Gasteiger partial charge in [-0.3, -0.25) is 14.3 Å². The maximum absolute atomic E-state index is 12.9. The van der Waals surface area contributed by atoms with E-state index < -0.39 is 5.97 Å². The second-order valence-corrected chi connectivity index (χ2v) is 8.22. The van der Waals surface area contributed by atoms with Crippen LogP contribution in [0.25, 0.3) is 10.2 Å². The SMILES string of the molecule is CC(C)c1nn(C)c2sc(C(=O)N3CCCC(CCC(=O)O)C3)cc12. The number of rotatable bonds is 5. The number of fused-ring (bicyclic) bond motifs is 1. The van der Waals surface area contributed by atoms with Gasteiger partial charge in [0.05, 0.1) is 10.6 Å². The summed E-state index contributed by atoms with van der Waals surface area (Å²) in [4.78, 5) is 27.4. The summed E-state index contributed by atoms with van der Waals surface area (Å²) in [5.74, 6) is -0.0923. The summed E-state index contributed by atoms with van der Waals surface area (Å²) in [7, 11) is 1.92. The minimum absolute atomic E-state index is 0.0657. The second-order valence-electron chi connectivity index (χ2n) is 7.18. The summed E-state index contributed by atoms with van der Waals surface area (Å²) in [6.45, 7) is 5.64. The first-order valence-electron chi connectivity index (χ1n) is 8.84. The number of carboxylic acids is 1. The first kappa shape index (κ1) is 17.9. The fourth-order valence-corrected chi connectivity index (χ4v) is 4.61. The molecule has 1 N–H and O–H groups in total. The van der Waals surface area contributed by atoms with Crippen molar-refractivity contribution in [3.05, 3.63) is 16.6 Å². The zero-order valence-corrected chi connectivity index (χ0v) is 15.8. The van der Waals surface area contributed by atoms with Crippen molar-refractivity contribution in [3.8, 4) is 0 Å². The molecule has 3 heterocycles. The number of aryl methyl sites for hydroxylation is 1. The molecule has 7 heteroatoms. The molecule has 1 amide bonds. The molecule has 0 spiro atoms. The van der Waals surface area contributed by atoms with Crippen LogP contribution >= 0.6 is 11.3 Å². The van der Waals surface area contributed by atoms with E-state index in [9.17, 15) is 9.59 Å². The zero-order valence-electron chi connectivity index (χ0n) is 15.0. The summed E-state index contributed by atoms with van der Waals surface area (Å²) < 4.78 is 1.86. The molecule has 2 aromatic rings. The standard InChI is InChI=1S/C18H25N3O3S/c1-11(2)16-13-9-14(25-18(13)20(3)19-16)17(24)21-8-4-5-12(10-21)6-7-15(22)23/h9,11-12H,4-8,10H2,1-3H3,(H,22,23). The van der Waals surface area contributed by atoms with E-state index in [0.717, 1.165) is 40.2 Å². The molecule has 1 aliphatic heterocycles. The molecular weight excluding hydrogens is 338 g/mol. The Balaban J connectivity index is 1.77. The molecule has 0 aromatic carbocycles. The van der Waals surface area contributed by atoms with Crippen LogP contribution in [0, 0.1) is 5.92 Å². The van der Waals surface area contributed by atoms with Gasteiger partial charge in [-0.2, -0.15) is 5.10 Å². The van der Waals surface area contributed by atoms with Crippen molar-refractivity contribution in [2.75, 3.05) is 13.1 Å². The summed E-state index contributed by atoms with van der Waals surface area (Å²) in [5, 5.41) is 14.5. The average Bonchev–Trinajstić information content (AvgIpc) is 3.13. The third-order valence-electron chi connectivity index (χ3n) is 4.87. The number of amides is 1. The largest absolute Gasteiger partial charge is 0.481 e. The lowest BCUT2D eigenvalue weighted by Crippen LogP contribution is -2.39. The van der Waals surface area contributed by atoms with Gasteiger partial charge in [-0.05, 0) is 37.2 Å². The Morgan fingerprint density at radius 1 is 1.44 bits per heavy atom. The molecule has 1 atom stereocenters. The number of aliphatic carboxylic acids is 1. The Morgan fingerprint density at radius 3 is 2.88 bits per heavy atom. The predicted octanol–water partition coefficient (Wildman–Crippen LogP) is 3.48. The van der Waals surface area contributed by atoms with E-state index in [0.29, 0.717) is 18.9 Å². The minimum Gasteiger partial charge on any atom is -0.481 e. The van der Waals surface area contributed by atoms with Crippen molar-refractivity contribution in [1.29, 1.82) is 0 Å². The van der Waals surface area contributed by atoms with Crippen LogP contribution in [0.3, 0.4) is 0 Å². The van der Waals surface area contributed by atoms with Crippen molar-refractivity contribution < 1.29 is 14.7 Å². The Morgan fingerprint density at radius 2 is 2.20 bits per heavy atom. The van der Waals surface area contributed by atoms with Gasteiger partial charge < -0.3 is 10.0 Å². The molecule has 136 valence electrons. The van der Waals surface area contributed by atoms with Gasteiger partial charge in [-0.1, -0.05) is 13.8 Å². The van der Waals surface area contributed by atoms with E-state index in [1.807, 2.05) is 22.7 Å². The molecule has 2 aromatic heterocycles. The van der Waals surface area contributed by atoms with Crippen molar-refractivity contribution >= 4 is 33.4 Å². The van der Waals surface area contributed by atoms with Crippen LogP contribution in [0.2, 0.25) is 0 Å². The van der Waals surface area contributed by atoms with Crippen molar-refractivity contribution in [2.24, 2.45) is 13.0 Å². The number of carbonyl (C=O) groups is 2. The fourth-order valence-electron chi connectivity index (χ4n) is 3.57. The van der Waals surface area contributed by atoms with Gasteiger partial charge in [0.2, 0.25) is 0 Å². The lowest BCUT2D eigenvalue weighted by molar-refractivity contribution is -0.137. The molecule has 0 saturated carbocycles. The van der Waals surface area contributed by atoms with Gasteiger partial charge in [-0.15, -0.1) is 11.3 Å². The Labute approximate surface area is 151 Å². The van der Waals surface area contributed by atoms with Crippen LogP contribution in [-0.2, 0) is 11.8 Å². The molecule has 6 nitrogen and oxygen atoms in total. The van der Waals surface area contributed by atoms with Gasteiger partial charge in [0, 0.05) is 31.9 Å². The first-order chi connectivity index (χ1) is 11.9. The third kappa shape index (κ3) is 3.71. The molecule has 0 bridgehead atoms. The Hall–Kier alpha value is -1.89. The van der Waals surface area contributed by atoms with E-state index in [2.05, 4.69) is 18.9 Å². The Kier molecular flexibility index (Phi) is 5.13. The predicted molar refractivity (Wildman–Crippen MR) is 98.2 cm³/mol. The number of carboxylic acid groups (broad SMARTS) is 1. The maximum Gasteiger partial charge on any atom is 0.303 e. The van der Waals surface area contributed by atoms with E-state index >= 15 is 0 Å². The van der Waals surface area contributed by atoms with Crippen LogP contribution in [0.4, 0.5) is 0 Å². The van der Waals surface area contributed by atoms with E-state index in [1.165, 1.54) is 11.3 Å². The van der Waals surface area contributed by atoms with Crippen LogP contribution in [-0.4, -0.2) is 44.8 Å². The topological polar surface area (TPSA) is 75.4 Å². The molecule has 1 saturated heterocycles. The molecule has 0 aliphatic carbocycles. The number of thiophene rings is 1. The quantitative estimate of drug-likeness (QED) is 0.882. The summed E-state index contributed by atoms with van der Waals surface area (Å²) >= 11 is 1.50. The maximum atomic E-state index is 12.9. The highest BCUT2D eigenvalue weighted by Crippen LogP contribution is 2.33. The zero-order chi connectivity index (χ0) is 18.1. The lowest BCUT2D eigenvalue weighted by Gasteiger charge is -2.32. The number of likely N-dealkylation sites (tertiary alicyclic amines) is 1. The monoisotopic (exact) mass is 363 g/mol. The molecule has 0 radical (unpaired) electrons. The van der Waals surface area contributed by atoms with E-state index in [4.69, 9.17) is 5.11 Å². The van der Waals surface area contributed by atoms with Gasteiger partial charge >= 0.3 is 5.97 Å². The van der Waals surface area contributed by atoms with Gasteiger partial charge in [0.15, 0.2) is 0 Å². The number of nitrogens with zero attached hydrogens (tertiary/aromatic N) is 3. The van der Waals surface area contributed by atoms with E-state index in [-0.39, 0.29) is 18.2 Å². The Bertz CT molecular complexity index is 793. The van der Waals surface area contributed by atoms with Gasteiger partial charge in [0.1, 0.15) is 4.83 Å². The molecule has 25 heavy (non-hydrogen) atoms. The molecular formula is C18H25N3O3S. The summed E-state index contributed by atoms with van der Waals surface area (Å²) in [6, 6.07) is 1.98.